The normalized spacial score (nSPS) is 17.3. The van der Waals surface area contributed by atoms with Gasteiger partial charge in [-0.1, -0.05) is 24.3 Å². The van der Waals surface area contributed by atoms with E-state index in [0.717, 1.165) is 0 Å². The van der Waals surface area contributed by atoms with E-state index in [1.165, 1.54) is 28.8 Å². The van der Waals surface area contributed by atoms with E-state index in [2.05, 4.69) is 9.97 Å². The molecule has 2 heterocycles. The fraction of sp³-hybridized carbons (Fsp3) is 0.238. The van der Waals surface area contributed by atoms with E-state index in [1.807, 2.05) is 0 Å². The lowest BCUT2D eigenvalue weighted by atomic mass is 10.0. The summed E-state index contributed by atoms with van der Waals surface area (Å²) < 4.78 is 42.8. The number of nitrogens with zero attached hydrogens (tertiary/aromatic N) is 3. The van der Waals surface area contributed by atoms with Crippen LogP contribution >= 0.6 is 0 Å². The van der Waals surface area contributed by atoms with Gasteiger partial charge in [0.15, 0.2) is 0 Å². The number of hydrogen-bond donors (Lipinski definition) is 2. The van der Waals surface area contributed by atoms with Crippen molar-refractivity contribution in [2.75, 3.05) is 18.9 Å². The second-order valence-electron chi connectivity index (χ2n) is 7.11. The number of aliphatic hydroxyl groups is 1. The summed E-state index contributed by atoms with van der Waals surface area (Å²) in [6.45, 7) is 0.123. The monoisotopic (exact) mass is 428 g/mol. The molecular weight excluding hydrogens is 407 g/mol. The molecule has 1 saturated heterocycles. The van der Waals surface area contributed by atoms with Crippen molar-refractivity contribution in [2.45, 2.75) is 23.8 Å². The van der Waals surface area contributed by atoms with E-state index < -0.39 is 21.9 Å². The van der Waals surface area contributed by atoms with Crippen molar-refractivity contribution < 1.29 is 17.9 Å². The second-order valence-corrected chi connectivity index (χ2v) is 8.97. The van der Waals surface area contributed by atoms with Crippen molar-refractivity contribution in [1.29, 1.82) is 0 Å². The molecule has 30 heavy (non-hydrogen) atoms. The van der Waals surface area contributed by atoms with Crippen LogP contribution in [0.15, 0.2) is 59.8 Å². The third kappa shape index (κ3) is 3.67. The highest BCUT2D eigenvalue weighted by atomic mass is 32.2. The minimum Gasteiger partial charge on any atom is -0.395 e. The number of nitrogen functional groups attached to an aromatic ring is 1. The molecule has 0 radical (unpaired) electrons. The van der Waals surface area contributed by atoms with Crippen LogP contribution in [0, 0.1) is 5.82 Å². The lowest BCUT2D eigenvalue weighted by molar-refractivity contribution is 0.213. The maximum Gasteiger partial charge on any atom is 0.244 e. The third-order valence-electron chi connectivity index (χ3n) is 5.24. The van der Waals surface area contributed by atoms with E-state index in [0.29, 0.717) is 36.2 Å². The number of sulfonamides is 1. The summed E-state index contributed by atoms with van der Waals surface area (Å²) in [6.07, 6.45) is 4.04. The maximum atomic E-state index is 14.9. The molecule has 9 heteroatoms. The van der Waals surface area contributed by atoms with Gasteiger partial charge in [-0.15, -0.1) is 0 Å². The summed E-state index contributed by atoms with van der Waals surface area (Å²) >= 11 is 0. The zero-order valence-electron chi connectivity index (χ0n) is 16.1. The van der Waals surface area contributed by atoms with Gasteiger partial charge in [0.05, 0.1) is 29.6 Å². The zero-order valence-corrected chi connectivity index (χ0v) is 16.9. The van der Waals surface area contributed by atoms with Crippen molar-refractivity contribution in [3.63, 3.8) is 0 Å². The number of rotatable bonds is 5. The fourth-order valence-corrected chi connectivity index (χ4v) is 5.63. The number of hydrogen-bond acceptors (Lipinski definition) is 6. The van der Waals surface area contributed by atoms with Gasteiger partial charge in [-0.25, -0.2) is 17.8 Å². The van der Waals surface area contributed by atoms with Crippen molar-refractivity contribution in [1.82, 2.24) is 14.3 Å². The van der Waals surface area contributed by atoms with Gasteiger partial charge in [0, 0.05) is 23.7 Å². The van der Waals surface area contributed by atoms with E-state index in [9.17, 15) is 17.9 Å². The quantitative estimate of drug-likeness (QED) is 0.647. The van der Waals surface area contributed by atoms with E-state index in [-0.39, 0.29) is 22.9 Å². The Labute approximate surface area is 174 Å². The van der Waals surface area contributed by atoms with E-state index in [1.54, 1.807) is 30.3 Å². The Morgan fingerprint density at radius 1 is 1.13 bits per heavy atom. The van der Waals surface area contributed by atoms with Gasteiger partial charge in [0.25, 0.3) is 0 Å². The SMILES string of the molecule is Nc1cnc(-c2ccc(-c3ccccc3S(=O)(=O)N3CCC[C@@H]3CO)cc2F)cn1. The summed E-state index contributed by atoms with van der Waals surface area (Å²) in [4.78, 5) is 8.10. The molecule has 0 unspecified atom stereocenters. The standard InChI is InChI=1S/C21H21FN4O3S/c22-18-10-14(7-8-17(18)19-11-25-21(23)12-24-19)16-5-1-2-6-20(16)30(28,29)26-9-3-4-15(26)13-27/h1-2,5-8,10-12,15,27H,3-4,9,13H2,(H2,23,25)/t15-/m1/s1. The van der Waals surface area contributed by atoms with Crippen LogP contribution in [0.2, 0.25) is 0 Å². The smallest absolute Gasteiger partial charge is 0.244 e. The van der Waals surface area contributed by atoms with Crippen LogP contribution < -0.4 is 5.73 Å². The Morgan fingerprint density at radius 3 is 2.63 bits per heavy atom. The fourth-order valence-electron chi connectivity index (χ4n) is 3.73. The van der Waals surface area contributed by atoms with Gasteiger partial charge < -0.3 is 10.8 Å². The first kappa shape index (κ1) is 20.4. The molecule has 1 atom stereocenters. The topological polar surface area (TPSA) is 109 Å². The molecule has 2 aromatic carbocycles. The summed E-state index contributed by atoms with van der Waals surface area (Å²) in [5.74, 6) is -0.314. The molecule has 0 spiro atoms. The lowest BCUT2D eigenvalue weighted by Crippen LogP contribution is -2.37. The first-order valence-electron chi connectivity index (χ1n) is 9.51. The van der Waals surface area contributed by atoms with Crippen LogP contribution in [-0.2, 0) is 10.0 Å². The maximum absolute atomic E-state index is 14.9. The summed E-state index contributed by atoms with van der Waals surface area (Å²) in [6, 6.07) is 10.5. The summed E-state index contributed by atoms with van der Waals surface area (Å²) in [5, 5.41) is 9.55. The van der Waals surface area contributed by atoms with Gasteiger partial charge in [0.1, 0.15) is 11.6 Å². The Kier molecular flexibility index (Phi) is 5.50. The average Bonchev–Trinajstić information content (AvgIpc) is 3.24. The second kappa shape index (κ2) is 8.10. The molecular formula is C21H21FN4O3S. The number of nitrogens with two attached hydrogens (primary N) is 1. The van der Waals surface area contributed by atoms with Crippen LogP contribution in [0.5, 0.6) is 0 Å². The summed E-state index contributed by atoms with van der Waals surface area (Å²) in [5.41, 5.74) is 6.93. The molecule has 1 fully saturated rings. The van der Waals surface area contributed by atoms with Crippen molar-refractivity contribution in [3.05, 3.63) is 60.7 Å². The minimum atomic E-state index is -3.84. The van der Waals surface area contributed by atoms with E-state index in [4.69, 9.17) is 5.73 Å². The highest BCUT2D eigenvalue weighted by Crippen LogP contribution is 2.34. The molecule has 4 rings (SSSR count). The molecule has 0 bridgehead atoms. The van der Waals surface area contributed by atoms with Crippen LogP contribution in [0.4, 0.5) is 10.2 Å². The van der Waals surface area contributed by atoms with Gasteiger partial charge in [-0.05, 0) is 36.6 Å². The minimum absolute atomic E-state index is 0.0878. The van der Waals surface area contributed by atoms with Crippen LogP contribution in [-0.4, -0.2) is 47.0 Å². The summed E-state index contributed by atoms with van der Waals surface area (Å²) in [7, 11) is -3.84. The number of benzene rings is 2. The number of halogens is 1. The van der Waals surface area contributed by atoms with Crippen molar-refractivity contribution in [3.8, 4) is 22.4 Å². The first-order chi connectivity index (χ1) is 14.4. The average molecular weight is 428 g/mol. The van der Waals surface area contributed by atoms with Gasteiger partial charge in [-0.2, -0.15) is 4.31 Å². The van der Waals surface area contributed by atoms with Crippen LogP contribution in [0.1, 0.15) is 12.8 Å². The van der Waals surface area contributed by atoms with Gasteiger partial charge >= 0.3 is 0 Å². The molecule has 156 valence electrons. The molecule has 1 aliphatic rings. The Balaban J connectivity index is 1.76. The molecule has 3 aromatic rings. The van der Waals surface area contributed by atoms with Crippen LogP contribution in [0.3, 0.4) is 0 Å². The number of anilines is 1. The lowest BCUT2D eigenvalue weighted by Gasteiger charge is -2.24. The van der Waals surface area contributed by atoms with Crippen LogP contribution in [0.25, 0.3) is 22.4 Å². The van der Waals surface area contributed by atoms with Gasteiger partial charge in [-0.3, -0.25) is 4.98 Å². The molecule has 0 saturated carbocycles. The Bertz CT molecular complexity index is 1170. The third-order valence-corrected chi connectivity index (χ3v) is 7.25. The van der Waals surface area contributed by atoms with Gasteiger partial charge in [0.2, 0.25) is 10.0 Å². The Morgan fingerprint density at radius 2 is 1.93 bits per heavy atom. The van der Waals surface area contributed by atoms with E-state index >= 15 is 0 Å². The van der Waals surface area contributed by atoms with Crippen molar-refractivity contribution in [2.24, 2.45) is 0 Å². The molecule has 0 amide bonds. The zero-order chi connectivity index (χ0) is 21.3. The molecule has 0 aliphatic carbocycles. The number of aromatic nitrogens is 2. The largest absolute Gasteiger partial charge is 0.395 e. The molecule has 1 aromatic heterocycles. The molecule has 1 aliphatic heterocycles. The highest BCUT2D eigenvalue weighted by molar-refractivity contribution is 7.89. The van der Waals surface area contributed by atoms with Crippen molar-refractivity contribution >= 4 is 15.8 Å². The molecule has 3 N–H and O–H groups in total. The first-order valence-corrected chi connectivity index (χ1v) is 11.0. The number of aliphatic hydroxyl groups excluding tert-OH is 1. The molecule has 7 nitrogen and oxygen atoms in total. The predicted molar refractivity (Wildman–Crippen MR) is 111 cm³/mol. The predicted octanol–water partition coefficient (Wildman–Crippen LogP) is 2.68. The Hall–Kier alpha value is -2.88. The highest BCUT2D eigenvalue weighted by Gasteiger charge is 2.36.